The zero-order valence-electron chi connectivity index (χ0n) is 7.70. The standard InChI is InChI=1S/C10H13BrN2/c1-12-6-3-7-13(12)10-5-2-4-9(11)8-10/h2,4-5,8H,3,6-7H2,1H3. The minimum Gasteiger partial charge on any atom is -0.306 e. The Hall–Kier alpha value is -0.540. The fourth-order valence-corrected chi connectivity index (χ4v) is 2.09. The van der Waals surface area contributed by atoms with Gasteiger partial charge in [0.05, 0.1) is 5.69 Å². The fourth-order valence-electron chi connectivity index (χ4n) is 1.70. The third-order valence-corrected chi connectivity index (χ3v) is 2.86. The van der Waals surface area contributed by atoms with Crippen molar-refractivity contribution >= 4 is 21.6 Å². The summed E-state index contributed by atoms with van der Waals surface area (Å²) in [5.41, 5.74) is 1.27. The molecule has 1 aliphatic heterocycles. The van der Waals surface area contributed by atoms with Crippen LogP contribution in [0.3, 0.4) is 0 Å². The second-order valence-electron chi connectivity index (χ2n) is 3.34. The summed E-state index contributed by atoms with van der Waals surface area (Å²) in [6, 6.07) is 8.43. The van der Waals surface area contributed by atoms with E-state index in [1.165, 1.54) is 12.1 Å². The topological polar surface area (TPSA) is 6.48 Å². The van der Waals surface area contributed by atoms with Crippen LogP contribution in [0.2, 0.25) is 0 Å². The van der Waals surface area contributed by atoms with Crippen LogP contribution in [0.25, 0.3) is 0 Å². The Bertz CT molecular complexity index is 301. The van der Waals surface area contributed by atoms with Crippen molar-refractivity contribution in [2.24, 2.45) is 0 Å². The van der Waals surface area contributed by atoms with Gasteiger partial charge in [0.25, 0.3) is 0 Å². The molecular weight excluding hydrogens is 228 g/mol. The summed E-state index contributed by atoms with van der Waals surface area (Å²) in [6.45, 7) is 2.29. The Kier molecular flexibility index (Phi) is 2.56. The van der Waals surface area contributed by atoms with Crippen LogP contribution in [0.4, 0.5) is 5.69 Å². The molecule has 2 rings (SSSR count). The molecule has 0 radical (unpaired) electrons. The van der Waals surface area contributed by atoms with E-state index in [0.717, 1.165) is 17.6 Å². The summed E-state index contributed by atoms with van der Waals surface area (Å²) in [6.07, 6.45) is 1.25. The molecule has 70 valence electrons. The first-order valence-electron chi connectivity index (χ1n) is 4.51. The van der Waals surface area contributed by atoms with Gasteiger partial charge in [0.15, 0.2) is 0 Å². The molecule has 1 aromatic carbocycles. The number of hydrogen-bond acceptors (Lipinski definition) is 2. The summed E-state index contributed by atoms with van der Waals surface area (Å²) in [4.78, 5) is 0. The fraction of sp³-hybridized carbons (Fsp3) is 0.400. The molecule has 0 spiro atoms. The molecule has 0 unspecified atom stereocenters. The molecule has 0 saturated carbocycles. The highest BCUT2D eigenvalue weighted by Crippen LogP contribution is 2.23. The first-order chi connectivity index (χ1) is 6.27. The van der Waals surface area contributed by atoms with Gasteiger partial charge < -0.3 is 5.01 Å². The molecule has 1 fully saturated rings. The number of halogens is 1. The minimum atomic E-state index is 1.13. The number of anilines is 1. The quantitative estimate of drug-likeness (QED) is 0.745. The number of hydrazine groups is 1. The molecule has 1 aromatic rings. The number of hydrogen-bond donors (Lipinski definition) is 0. The maximum Gasteiger partial charge on any atom is 0.0533 e. The van der Waals surface area contributed by atoms with Crippen molar-refractivity contribution in [2.75, 3.05) is 25.1 Å². The van der Waals surface area contributed by atoms with Crippen LogP contribution in [0, 0.1) is 0 Å². The lowest BCUT2D eigenvalue weighted by Crippen LogP contribution is -2.32. The number of benzene rings is 1. The van der Waals surface area contributed by atoms with Crippen molar-refractivity contribution in [3.8, 4) is 0 Å². The third kappa shape index (κ3) is 1.86. The summed E-state index contributed by atoms with van der Waals surface area (Å²) >= 11 is 3.48. The predicted octanol–water partition coefficient (Wildman–Crippen LogP) is 2.51. The van der Waals surface area contributed by atoms with Gasteiger partial charge in [0.2, 0.25) is 0 Å². The Balaban J connectivity index is 2.24. The van der Waals surface area contributed by atoms with Crippen LogP contribution < -0.4 is 5.01 Å². The highest BCUT2D eigenvalue weighted by molar-refractivity contribution is 9.10. The summed E-state index contributed by atoms with van der Waals surface area (Å²) in [5, 5.41) is 4.58. The van der Waals surface area contributed by atoms with Gasteiger partial charge in [-0.3, -0.25) is 0 Å². The highest BCUT2D eigenvalue weighted by atomic mass is 79.9. The minimum absolute atomic E-state index is 1.13. The van der Waals surface area contributed by atoms with E-state index in [-0.39, 0.29) is 0 Å². The van der Waals surface area contributed by atoms with Gasteiger partial charge in [-0.25, -0.2) is 5.01 Å². The van der Waals surface area contributed by atoms with E-state index in [9.17, 15) is 0 Å². The highest BCUT2D eigenvalue weighted by Gasteiger charge is 2.17. The lowest BCUT2D eigenvalue weighted by Gasteiger charge is -2.26. The Labute approximate surface area is 87.2 Å². The molecule has 1 saturated heterocycles. The van der Waals surface area contributed by atoms with Gasteiger partial charge >= 0.3 is 0 Å². The van der Waals surface area contributed by atoms with Crippen molar-refractivity contribution < 1.29 is 0 Å². The Morgan fingerprint density at radius 1 is 1.31 bits per heavy atom. The van der Waals surface area contributed by atoms with E-state index >= 15 is 0 Å². The van der Waals surface area contributed by atoms with Gasteiger partial charge in [-0.1, -0.05) is 22.0 Å². The van der Waals surface area contributed by atoms with E-state index in [1.54, 1.807) is 0 Å². The molecule has 1 aliphatic rings. The monoisotopic (exact) mass is 240 g/mol. The van der Waals surface area contributed by atoms with Gasteiger partial charge in [-0.2, -0.15) is 0 Å². The Morgan fingerprint density at radius 3 is 2.77 bits per heavy atom. The molecule has 0 aliphatic carbocycles. The molecule has 0 amide bonds. The van der Waals surface area contributed by atoms with E-state index in [1.807, 2.05) is 0 Å². The van der Waals surface area contributed by atoms with Gasteiger partial charge in [-0.05, 0) is 24.6 Å². The SMILES string of the molecule is CN1CCCN1c1cccc(Br)c1. The van der Waals surface area contributed by atoms with Gasteiger partial charge in [0.1, 0.15) is 0 Å². The maximum absolute atomic E-state index is 3.48. The van der Waals surface area contributed by atoms with Crippen molar-refractivity contribution in [1.29, 1.82) is 0 Å². The zero-order valence-corrected chi connectivity index (χ0v) is 9.29. The second-order valence-corrected chi connectivity index (χ2v) is 4.25. The lowest BCUT2D eigenvalue weighted by atomic mass is 10.3. The summed E-state index contributed by atoms with van der Waals surface area (Å²) in [7, 11) is 2.13. The van der Waals surface area contributed by atoms with Crippen LogP contribution in [0.15, 0.2) is 28.7 Å². The molecule has 2 nitrogen and oxygen atoms in total. The second kappa shape index (κ2) is 3.68. The molecule has 0 bridgehead atoms. The van der Waals surface area contributed by atoms with E-state index in [2.05, 4.69) is 57.3 Å². The van der Waals surface area contributed by atoms with Crippen LogP contribution in [-0.4, -0.2) is 25.1 Å². The number of nitrogens with zero attached hydrogens (tertiary/aromatic N) is 2. The Morgan fingerprint density at radius 2 is 2.15 bits per heavy atom. The first kappa shape index (κ1) is 9.03. The first-order valence-corrected chi connectivity index (χ1v) is 5.31. The third-order valence-electron chi connectivity index (χ3n) is 2.37. The van der Waals surface area contributed by atoms with Crippen molar-refractivity contribution in [2.45, 2.75) is 6.42 Å². The molecule has 13 heavy (non-hydrogen) atoms. The van der Waals surface area contributed by atoms with Crippen LogP contribution in [0.1, 0.15) is 6.42 Å². The molecule has 1 heterocycles. The molecular formula is C10H13BrN2. The lowest BCUT2D eigenvalue weighted by molar-refractivity contribution is 0.383. The number of rotatable bonds is 1. The molecule has 0 atom stereocenters. The van der Waals surface area contributed by atoms with Crippen LogP contribution in [0.5, 0.6) is 0 Å². The van der Waals surface area contributed by atoms with E-state index < -0.39 is 0 Å². The average Bonchev–Trinajstić information content (AvgIpc) is 2.51. The largest absolute Gasteiger partial charge is 0.306 e. The van der Waals surface area contributed by atoms with E-state index in [4.69, 9.17) is 0 Å². The predicted molar refractivity (Wildman–Crippen MR) is 58.7 cm³/mol. The van der Waals surface area contributed by atoms with E-state index in [0.29, 0.717) is 0 Å². The molecule has 0 aromatic heterocycles. The van der Waals surface area contributed by atoms with Crippen molar-refractivity contribution in [3.05, 3.63) is 28.7 Å². The summed E-state index contributed by atoms with van der Waals surface area (Å²) in [5.74, 6) is 0. The van der Waals surface area contributed by atoms with Crippen LogP contribution >= 0.6 is 15.9 Å². The normalized spacial score (nSPS) is 18.2. The average molecular weight is 241 g/mol. The van der Waals surface area contributed by atoms with Crippen LogP contribution in [-0.2, 0) is 0 Å². The zero-order chi connectivity index (χ0) is 9.26. The molecule has 0 N–H and O–H groups in total. The summed E-state index contributed by atoms with van der Waals surface area (Å²) < 4.78 is 1.14. The smallest absolute Gasteiger partial charge is 0.0533 e. The molecule has 3 heteroatoms. The van der Waals surface area contributed by atoms with Gasteiger partial charge in [-0.15, -0.1) is 0 Å². The maximum atomic E-state index is 3.48. The van der Waals surface area contributed by atoms with Gasteiger partial charge in [0, 0.05) is 24.6 Å². The van der Waals surface area contributed by atoms with Crippen molar-refractivity contribution in [1.82, 2.24) is 5.01 Å². The van der Waals surface area contributed by atoms with Crippen molar-refractivity contribution in [3.63, 3.8) is 0 Å².